The second-order valence-electron chi connectivity index (χ2n) is 7.76. The maximum atomic E-state index is 5.78. The molecule has 154 valence electrons. The summed E-state index contributed by atoms with van der Waals surface area (Å²) < 4.78 is 5.49. The Bertz CT molecular complexity index is 882. The number of ether oxygens (including phenoxy) is 1. The second-order valence-corrected chi connectivity index (χ2v) is 7.76. The van der Waals surface area contributed by atoms with E-state index >= 15 is 0 Å². The van der Waals surface area contributed by atoms with Gasteiger partial charge in [0, 0.05) is 55.6 Å². The molecule has 29 heavy (non-hydrogen) atoms. The topological polar surface area (TPSA) is 88.7 Å². The Kier molecular flexibility index (Phi) is 6.36. The molecule has 1 aliphatic heterocycles. The number of nitrogens with one attached hydrogen (secondary N) is 1. The Morgan fingerprint density at radius 1 is 1.21 bits per heavy atom. The van der Waals surface area contributed by atoms with E-state index in [-0.39, 0.29) is 0 Å². The zero-order chi connectivity index (χ0) is 20.1. The first-order valence-corrected chi connectivity index (χ1v) is 10.5. The van der Waals surface area contributed by atoms with Crippen molar-refractivity contribution in [3.05, 3.63) is 36.3 Å². The summed E-state index contributed by atoms with van der Waals surface area (Å²) in [4.78, 5) is 15.7. The minimum atomic E-state index is 0.441. The monoisotopic (exact) mass is 394 g/mol. The van der Waals surface area contributed by atoms with Crippen molar-refractivity contribution in [2.45, 2.75) is 37.8 Å². The summed E-state index contributed by atoms with van der Waals surface area (Å²) >= 11 is 0. The number of hydrogen-bond acceptors (Lipinski definition) is 7. The van der Waals surface area contributed by atoms with Crippen molar-refractivity contribution < 1.29 is 4.74 Å². The summed E-state index contributed by atoms with van der Waals surface area (Å²) in [6, 6.07) is 7.26. The molecule has 0 bridgehead atoms. The average molecular weight is 395 g/mol. The molecule has 7 heteroatoms. The van der Waals surface area contributed by atoms with E-state index in [1.807, 2.05) is 12.1 Å². The molecule has 7 nitrogen and oxygen atoms in total. The third-order valence-electron chi connectivity index (χ3n) is 6.02. The van der Waals surface area contributed by atoms with Crippen LogP contribution < -0.4 is 11.1 Å². The Hall–Kier alpha value is -2.51. The number of fused-ring (bicyclic) bond motifs is 1. The predicted molar refractivity (Wildman–Crippen MR) is 118 cm³/mol. The highest BCUT2D eigenvalue weighted by atomic mass is 16.5. The van der Waals surface area contributed by atoms with Gasteiger partial charge in [0.25, 0.3) is 0 Å². The lowest BCUT2D eigenvalue weighted by atomic mass is 9.90. The number of rotatable bonds is 5. The minimum absolute atomic E-state index is 0.441. The molecule has 2 fully saturated rings. The number of nitrogens with zero attached hydrogens (tertiary/aromatic N) is 4. The molecule has 1 aromatic heterocycles. The van der Waals surface area contributed by atoms with Gasteiger partial charge >= 0.3 is 0 Å². The van der Waals surface area contributed by atoms with E-state index in [0.29, 0.717) is 12.1 Å². The predicted octanol–water partition coefficient (Wildman–Crippen LogP) is 2.69. The van der Waals surface area contributed by atoms with E-state index in [1.54, 1.807) is 25.8 Å². The normalized spacial score (nSPS) is 24.2. The minimum Gasteiger partial charge on any atom is -0.404 e. The molecule has 0 unspecified atom stereocenters. The number of aromatic nitrogens is 2. The van der Waals surface area contributed by atoms with Crippen LogP contribution in [-0.2, 0) is 4.74 Å². The Balaban J connectivity index is 1.48. The molecule has 1 aliphatic carbocycles. The number of benzene rings is 1. The Morgan fingerprint density at radius 3 is 2.72 bits per heavy atom. The van der Waals surface area contributed by atoms with Crippen LogP contribution in [0.2, 0.25) is 0 Å². The lowest BCUT2D eigenvalue weighted by Crippen LogP contribution is -2.46. The fraction of sp³-hybridized carbons (Fsp3) is 0.500. The van der Waals surface area contributed by atoms with E-state index in [4.69, 9.17) is 10.5 Å². The maximum Gasteiger partial charge on any atom is 0.137 e. The van der Waals surface area contributed by atoms with Gasteiger partial charge in [0.05, 0.1) is 18.7 Å². The van der Waals surface area contributed by atoms with Crippen molar-refractivity contribution in [2.75, 3.05) is 38.7 Å². The molecule has 2 aliphatic rings. The van der Waals surface area contributed by atoms with Crippen LogP contribution in [0, 0.1) is 0 Å². The van der Waals surface area contributed by atoms with Gasteiger partial charge in [0.2, 0.25) is 0 Å². The zero-order valence-corrected chi connectivity index (χ0v) is 17.1. The van der Waals surface area contributed by atoms with Gasteiger partial charge in [0.15, 0.2) is 0 Å². The van der Waals surface area contributed by atoms with Crippen LogP contribution in [-0.4, -0.2) is 66.5 Å². The van der Waals surface area contributed by atoms with Crippen LogP contribution in [0.1, 0.15) is 31.2 Å². The molecule has 2 aromatic rings. The quantitative estimate of drug-likeness (QED) is 0.758. The molecule has 1 saturated heterocycles. The van der Waals surface area contributed by atoms with E-state index in [0.717, 1.165) is 67.0 Å². The number of hydrogen-bond donors (Lipinski definition) is 2. The zero-order valence-electron chi connectivity index (χ0n) is 17.1. The van der Waals surface area contributed by atoms with Crippen molar-refractivity contribution in [1.82, 2.24) is 14.9 Å². The van der Waals surface area contributed by atoms with Crippen LogP contribution in [0.25, 0.3) is 16.5 Å². The first kappa shape index (κ1) is 19.8. The van der Waals surface area contributed by atoms with Crippen LogP contribution in [0.5, 0.6) is 0 Å². The Morgan fingerprint density at radius 2 is 2.00 bits per heavy atom. The van der Waals surface area contributed by atoms with Crippen molar-refractivity contribution >= 4 is 28.5 Å². The third-order valence-corrected chi connectivity index (χ3v) is 6.02. The van der Waals surface area contributed by atoms with Crippen LogP contribution in [0.4, 0.5) is 5.82 Å². The van der Waals surface area contributed by atoms with E-state index in [2.05, 4.69) is 31.2 Å². The molecular formula is C22H30N6O. The average Bonchev–Trinajstić information content (AvgIpc) is 2.78. The van der Waals surface area contributed by atoms with Crippen LogP contribution in [0.15, 0.2) is 35.7 Å². The number of allylic oxidation sites excluding steroid dienone is 1. The van der Waals surface area contributed by atoms with Gasteiger partial charge in [-0.3, -0.25) is 9.89 Å². The summed E-state index contributed by atoms with van der Waals surface area (Å²) in [7, 11) is 1.74. The summed E-state index contributed by atoms with van der Waals surface area (Å²) in [5.41, 5.74) is 8.61. The number of aliphatic imine (C=N–C) groups is 1. The number of nitrogens with two attached hydrogens (primary N) is 1. The lowest BCUT2D eigenvalue weighted by Gasteiger charge is -2.39. The first-order valence-electron chi connectivity index (χ1n) is 10.5. The molecule has 0 amide bonds. The van der Waals surface area contributed by atoms with Crippen molar-refractivity contribution in [1.29, 1.82) is 0 Å². The summed E-state index contributed by atoms with van der Waals surface area (Å²) in [5, 5.41) is 4.70. The molecule has 1 aromatic carbocycles. The maximum absolute atomic E-state index is 5.78. The van der Waals surface area contributed by atoms with Gasteiger partial charge < -0.3 is 15.8 Å². The SMILES string of the molecule is CN=CC(=CN)c1ccc2ncnc(NC3CCC(N4CCOCC4)CC3)c2c1. The van der Waals surface area contributed by atoms with Gasteiger partial charge in [0.1, 0.15) is 12.1 Å². The largest absolute Gasteiger partial charge is 0.404 e. The molecule has 0 spiro atoms. The van der Waals surface area contributed by atoms with Crippen LogP contribution >= 0.6 is 0 Å². The first-order chi connectivity index (χ1) is 14.3. The van der Waals surface area contributed by atoms with Gasteiger partial charge in [-0.2, -0.15) is 0 Å². The summed E-state index contributed by atoms with van der Waals surface area (Å²) in [5.74, 6) is 0.900. The fourth-order valence-electron chi connectivity index (χ4n) is 4.43. The standard InChI is InChI=1S/C22H30N6O/c1-24-14-17(13-23)16-2-7-21-20(12-16)22(26-15-25-21)27-18-3-5-19(6-4-18)28-8-10-29-11-9-28/h2,7,12-15,18-19H,3-6,8-11,23H2,1H3,(H,25,26,27). The summed E-state index contributed by atoms with van der Waals surface area (Å²) in [6.07, 6.45) is 9.74. The molecule has 0 radical (unpaired) electrons. The van der Waals surface area contributed by atoms with Gasteiger partial charge in [-0.25, -0.2) is 9.97 Å². The fourth-order valence-corrected chi connectivity index (χ4v) is 4.43. The van der Waals surface area contributed by atoms with Gasteiger partial charge in [-0.15, -0.1) is 0 Å². The number of morpholine rings is 1. The third kappa shape index (κ3) is 4.57. The Labute approximate surface area is 172 Å². The molecular weight excluding hydrogens is 364 g/mol. The van der Waals surface area contributed by atoms with E-state index in [1.165, 1.54) is 12.8 Å². The molecule has 3 N–H and O–H groups in total. The van der Waals surface area contributed by atoms with Crippen LogP contribution in [0.3, 0.4) is 0 Å². The highest BCUT2D eigenvalue weighted by Gasteiger charge is 2.27. The lowest BCUT2D eigenvalue weighted by molar-refractivity contribution is 0.00791. The molecule has 1 saturated carbocycles. The smallest absolute Gasteiger partial charge is 0.137 e. The van der Waals surface area contributed by atoms with Gasteiger partial charge in [-0.1, -0.05) is 6.07 Å². The molecule has 0 atom stereocenters. The molecule has 2 heterocycles. The highest BCUT2D eigenvalue weighted by Crippen LogP contribution is 2.29. The van der Waals surface area contributed by atoms with Crippen molar-refractivity contribution in [3.63, 3.8) is 0 Å². The second kappa shape index (κ2) is 9.33. The van der Waals surface area contributed by atoms with Crippen molar-refractivity contribution in [3.8, 4) is 0 Å². The van der Waals surface area contributed by atoms with E-state index < -0.39 is 0 Å². The summed E-state index contributed by atoms with van der Waals surface area (Å²) in [6.45, 7) is 3.88. The van der Waals surface area contributed by atoms with E-state index in [9.17, 15) is 0 Å². The van der Waals surface area contributed by atoms with Crippen molar-refractivity contribution in [2.24, 2.45) is 10.7 Å². The molecule has 4 rings (SSSR count). The van der Waals surface area contributed by atoms with Gasteiger partial charge in [-0.05, 0) is 43.4 Å². The highest BCUT2D eigenvalue weighted by molar-refractivity contribution is 6.10. The number of anilines is 1.